The number of carbonyl (C=O) groups excluding carboxylic acids is 1. The van der Waals surface area contributed by atoms with Gasteiger partial charge in [-0.25, -0.2) is 10.1 Å². The summed E-state index contributed by atoms with van der Waals surface area (Å²) in [5.41, 5.74) is 6.99. The van der Waals surface area contributed by atoms with Gasteiger partial charge in [-0.15, -0.1) is 0 Å². The van der Waals surface area contributed by atoms with Crippen molar-refractivity contribution >= 4 is 12.1 Å². The molecule has 0 atom stereocenters. The lowest BCUT2D eigenvalue weighted by atomic mass is 10.1. The van der Waals surface area contributed by atoms with Gasteiger partial charge < -0.3 is 9.47 Å². The third-order valence-electron chi connectivity index (χ3n) is 5.15. The van der Waals surface area contributed by atoms with Crippen LogP contribution in [0.15, 0.2) is 90.2 Å². The van der Waals surface area contributed by atoms with Gasteiger partial charge in [0.05, 0.1) is 18.5 Å². The molecule has 0 radical (unpaired) electrons. The smallest absolute Gasteiger partial charge is 0.277 e. The number of hydrogen-bond donors (Lipinski definition) is 1. The van der Waals surface area contributed by atoms with E-state index in [2.05, 4.69) is 17.5 Å². The SMILES string of the molecule is CCCOc1ccc(-c2nn(-c3ccccc3)cc2C=NNC(=O)COc2ccc(C)cc2)cc1. The highest BCUT2D eigenvalue weighted by Gasteiger charge is 2.12. The van der Waals surface area contributed by atoms with Crippen LogP contribution in [-0.4, -0.2) is 35.1 Å². The summed E-state index contributed by atoms with van der Waals surface area (Å²) in [5, 5.41) is 8.91. The maximum atomic E-state index is 12.2. The van der Waals surface area contributed by atoms with Crippen LogP contribution in [-0.2, 0) is 4.79 Å². The van der Waals surface area contributed by atoms with Gasteiger partial charge >= 0.3 is 0 Å². The molecule has 0 bridgehead atoms. The summed E-state index contributed by atoms with van der Waals surface area (Å²) >= 11 is 0. The zero-order valence-electron chi connectivity index (χ0n) is 19.8. The zero-order valence-corrected chi connectivity index (χ0v) is 19.8. The average Bonchev–Trinajstić information content (AvgIpc) is 3.32. The van der Waals surface area contributed by atoms with Gasteiger partial charge in [0.1, 0.15) is 17.2 Å². The quantitative estimate of drug-likeness (QED) is 0.257. The Morgan fingerprint density at radius 3 is 2.37 bits per heavy atom. The van der Waals surface area contributed by atoms with E-state index in [0.29, 0.717) is 12.4 Å². The normalized spacial score (nSPS) is 10.9. The Morgan fingerprint density at radius 2 is 1.66 bits per heavy atom. The number of amides is 1. The number of nitrogens with zero attached hydrogens (tertiary/aromatic N) is 3. The number of ether oxygens (including phenoxy) is 2. The van der Waals surface area contributed by atoms with E-state index in [1.807, 2.05) is 92.0 Å². The van der Waals surface area contributed by atoms with Crippen molar-refractivity contribution in [2.24, 2.45) is 5.10 Å². The molecule has 4 rings (SSSR count). The Bertz CT molecular complexity index is 1260. The maximum absolute atomic E-state index is 12.2. The second kappa shape index (κ2) is 11.7. The van der Waals surface area contributed by atoms with E-state index in [1.165, 1.54) is 0 Å². The standard InChI is InChI=1S/C28H28N4O3/c1-3-17-34-25-15-11-22(12-16-25)28-23(19-32(31-28)24-7-5-4-6-8-24)18-29-30-27(33)20-35-26-13-9-21(2)10-14-26/h4-16,18-19H,3,17,20H2,1-2H3,(H,30,33). The molecule has 35 heavy (non-hydrogen) atoms. The predicted octanol–water partition coefficient (Wildman–Crippen LogP) is 5.17. The van der Waals surface area contributed by atoms with Crippen molar-refractivity contribution < 1.29 is 14.3 Å². The second-order valence-corrected chi connectivity index (χ2v) is 7.98. The summed E-state index contributed by atoms with van der Waals surface area (Å²) in [6, 6.07) is 25.1. The first-order valence-corrected chi connectivity index (χ1v) is 11.5. The van der Waals surface area contributed by atoms with Gasteiger partial charge in [-0.05, 0) is 61.9 Å². The second-order valence-electron chi connectivity index (χ2n) is 7.98. The molecular weight excluding hydrogens is 440 g/mol. The molecule has 4 aromatic rings. The lowest BCUT2D eigenvalue weighted by Crippen LogP contribution is -2.24. The molecule has 0 spiro atoms. The maximum Gasteiger partial charge on any atom is 0.277 e. The Hall–Kier alpha value is -4.39. The monoisotopic (exact) mass is 468 g/mol. The number of carbonyl (C=O) groups is 1. The third kappa shape index (κ3) is 6.57. The lowest BCUT2D eigenvalue weighted by Gasteiger charge is -2.06. The van der Waals surface area contributed by atoms with Gasteiger partial charge in [0.25, 0.3) is 5.91 Å². The number of nitrogens with one attached hydrogen (secondary N) is 1. The first-order chi connectivity index (χ1) is 17.1. The Balaban J connectivity index is 1.49. The fourth-order valence-corrected chi connectivity index (χ4v) is 3.34. The minimum atomic E-state index is -0.351. The first-order valence-electron chi connectivity index (χ1n) is 11.5. The summed E-state index contributed by atoms with van der Waals surface area (Å²) in [5.74, 6) is 1.10. The summed E-state index contributed by atoms with van der Waals surface area (Å²) in [7, 11) is 0. The molecule has 1 amide bonds. The molecule has 0 aliphatic carbocycles. The number of aromatic nitrogens is 2. The van der Waals surface area contributed by atoms with Gasteiger partial charge in [0, 0.05) is 17.3 Å². The molecule has 0 saturated heterocycles. The van der Waals surface area contributed by atoms with Crippen molar-refractivity contribution in [3.8, 4) is 28.4 Å². The van der Waals surface area contributed by atoms with Crippen LogP contribution >= 0.6 is 0 Å². The minimum absolute atomic E-state index is 0.129. The largest absolute Gasteiger partial charge is 0.494 e. The van der Waals surface area contributed by atoms with Crippen molar-refractivity contribution in [1.29, 1.82) is 0 Å². The molecule has 0 fully saturated rings. The summed E-state index contributed by atoms with van der Waals surface area (Å²) in [4.78, 5) is 12.2. The predicted molar refractivity (Wildman–Crippen MR) is 137 cm³/mol. The Kier molecular flexibility index (Phi) is 7.91. The molecule has 0 saturated carbocycles. The Morgan fingerprint density at radius 1 is 0.971 bits per heavy atom. The molecule has 1 aromatic heterocycles. The van der Waals surface area contributed by atoms with Crippen LogP contribution in [0.1, 0.15) is 24.5 Å². The van der Waals surface area contributed by atoms with Crippen LogP contribution in [0.2, 0.25) is 0 Å². The van der Waals surface area contributed by atoms with Crippen molar-refractivity contribution in [3.63, 3.8) is 0 Å². The van der Waals surface area contributed by atoms with Crippen LogP contribution in [0.4, 0.5) is 0 Å². The first kappa shape index (κ1) is 23.8. The number of hydrazone groups is 1. The average molecular weight is 469 g/mol. The zero-order chi connectivity index (χ0) is 24.5. The topological polar surface area (TPSA) is 77.7 Å². The highest BCUT2D eigenvalue weighted by molar-refractivity contribution is 5.89. The molecule has 1 N–H and O–H groups in total. The fraction of sp³-hybridized carbons (Fsp3) is 0.179. The lowest BCUT2D eigenvalue weighted by molar-refractivity contribution is -0.123. The molecule has 0 aliphatic heterocycles. The Labute approximate surface area is 205 Å². The molecule has 0 unspecified atom stereocenters. The number of benzene rings is 3. The third-order valence-corrected chi connectivity index (χ3v) is 5.15. The van der Waals surface area contributed by atoms with Gasteiger partial charge in [0.2, 0.25) is 0 Å². The van der Waals surface area contributed by atoms with E-state index < -0.39 is 0 Å². The summed E-state index contributed by atoms with van der Waals surface area (Å²) in [6.45, 7) is 4.61. The highest BCUT2D eigenvalue weighted by Crippen LogP contribution is 2.25. The van der Waals surface area contributed by atoms with E-state index in [4.69, 9.17) is 14.6 Å². The number of rotatable bonds is 10. The molecule has 1 heterocycles. The number of hydrogen-bond acceptors (Lipinski definition) is 5. The van der Waals surface area contributed by atoms with Crippen LogP contribution in [0.3, 0.4) is 0 Å². The van der Waals surface area contributed by atoms with Crippen LogP contribution in [0.25, 0.3) is 16.9 Å². The van der Waals surface area contributed by atoms with Crippen molar-refractivity contribution in [2.45, 2.75) is 20.3 Å². The molecule has 7 heteroatoms. The van der Waals surface area contributed by atoms with E-state index in [0.717, 1.165) is 40.2 Å². The molecule has 0 aliphatic rings. The number of para-hydroxylation sites is 1. The van der Waals surface area contributed by atoms with Crippen LogP contribution < -0.4 is 14.9 Å². The van der Waals surface area contributed by atoms with Crippen molar-refractivity contribution in [3.05, 3.63) is 96.2 Å². The molecule has 3 aromatic carbocycles. The van der Waals surface area contributed by atoms with Gasteiger partial charge in [-0.1, -0.05) is 42.8 Å². The van der Waals surface area contributed by atoms with Crippen LogP contribution in [0, 0.1) is 6.92 Å². The van der Waals surface area contributed by atoms with Crippen molar-refractivity contribution in [1.82, 2.24) is 15.2 Å². The van der Waals surface area contributed by atoms with E-state index in [9.17, 15) is 4.79 Å². The minimum Gasteiger partial charge on any atom is -0.494 e. The van der Waals surface area contributed by atoms with Gasteiger partial charge in [0.15, 0.2) is 6.61 Å². The summed E-state index contributed by atoms with van der Waals surface area (Å²) < 4.78 is 13.0. The molecular formula is C28H28N4O3. The molecule has 7 nitrogen and oxygen atoms in total. The van der Waals surface area contributed by atoms with E-state index >= 15 is 0 Å². The number of aryl methyl sites for hydroxylation is 1. The highest BCUT2D eigenvalue weighted by atomic mass is 16.5. The van der Waals surface area contributed by atoms with Crippen molar-refractivity contribution in [2.75, 3.05) is 13.2 Å². The fourth-order valence-electron chi connectivity index (χ4n) is 3.34. The van der Waals surface area contributed by atoms with Gasteiger partial charge in [-0.2, -0.15) is 10.2 Å². The van der Waals surface area contributed by atoms with Crippen LogP contribution in [0.5, 0.6) is 11.5 Å². The van der Waals surface area contributed by atoms with Gasteiger partial charge in [-0.3, -0.25) is 4.79 Å². The summed E-state index contributed by atoms with van der Waals surface area (Å²) in [6.07, 6.45) is 4.42. The van der Waals surface area contributed by atoms with E-state index in [-0.39, 0.29) is 12.5 Å². The van der Waals surface area contributed by atoms with E-state index in [1.54, 1.807) is 10.9 Å². The molecule has 178 valence electrons.